The summed E-state index contributed by atoms with van der Waals surface area (Å²) in [6, 6.07) is 11.9. The molecule has 16 heavy (non-hydrogen) atoms. The molecule has 1 aromatic carbocycles. The number of alkyl halides is 1. The lowest BCUT2D eigenvalue weighted by Gasteiger charge is -2.05. The van der Waals surface area contributed by atoms with Gasteiger partial charge in [0, 0.05) is 17.8 Å². The van der Waals surface area contributed by atoms with Crippen LogP contribution in [0.25, 0.3) is 0 Å². The van der Waals surface area contributed by atoms with Gasteiger partial charge in [-0.3, -0.25) is 0 Å². The third kappa shape index (κ3) is 2.94. The van der Waals surface area contributed by atoms with Gasteiger partial charge in [-0.05, 0) is 36.2 Å². The number of nitrogens with zero attached hydrogens (tertiary/aromatic N) is 2. The number of halogens is 1. The number of nitrogens with one attached hydrogen (secondary N) is 1. The van der Waals surface area contributed by atoms with Crippen molar-refractivity contribution in [2.24, 2.45) is 0 Å². The maximum Gasteiger partial charge on any atom is 0.153 e. The maximum absolute atomic E-state index is 5.67. The van der Waals surface area contributed by atoms with E-state index in [0.29, 0.717) is 5.88 Å². The van der Waals surface area contributed by atoms with Gasteiger partial charge in [0.15, 0.2) is 5.82 Å². The van der Waals surface area contributed by atoms with Crippen molar-refractivity contribution in [3.63, 3.8) is 0 Å². The summed E-state index contributed by atoms with van der Waals surface area (Å²) in [5.41, 5.74) is 2.23. The summed E-state index contributed by atoms with van der Waals surface area (Å²) in [6.45, 7) is 0. The third-order valence-corrected chi connectivity index (χ3v) is 2.37. The molecule has 0 unspecified atom stereocenters. The van der Waals surface area contributed by atoms with Crippen molar-refractivity contribution in [2.45, 2.75) is 6.42 Å². The summed E-state index contributed by atoms with van der Waals surface area (Å²) in [6.07, 6.45) is 2.54. The predicted molar refractivity (Wildman–Crippen MR) is 66.2 cm³/mol. The largest absolute Gasteiger partial charge is 0.339 e. The fourth-order valence-electron chi connectivity index (χ4n) is 1.38. The van der Waals surface area contributed by atoms with E-state index < -0.39 is 0 Å². The van der Waals surface area contributed by atoms with Crippen LogP contribution in [0.5, 0.6) is 0 Å². The van der Waals surface area contributed by atoms with Crippen molar-refractivity contribution >= 4 is 23.1 Å². The molecule has 3 nitrogen and oxygen atoms in total. The van der Waals surface area contributed by atoms with E-state index in [9.17, 15) is 0 Å². The van der Waals surface area contributed by atoms with E-state index in [1.165, 1.54) is 5.56 Å². The molecule has 1 N–H and O–H groups in total. The van der Waals surface area contributed by atoms with Crippen molar-refractivity contribution in [3.8, 4) is 0 Å². The van der Waals surface area contributed by atoms with E-state index in [4.69, 9.17) is 11.6 Å². The Hall–Kier alpha value is -1.61. The zero-order valence-electron chi connectivity index (χ0n) is 8.73. The van der Waals surface area contributed by atoms with Crippen LogP contribution in [0.2, 0.25) is 0 Å². The number of aryl methyl sites for hydroxylation is 1. The molecule has 0 aliphatic rings. The molecule has 2 rings (SSSR count). The van der Waals surface area contributed by atoms with Gasteiger partial charge in [-0.2, -0.15) is 5.10 Å². The normalized spacial score (nSPS) is 10.1. The summed E-state index contributed by atoms with van der Waals surface area (Å²) in [7, 11) is 0. The number of hydrogen-bond acceptors (Lipinski definition) is 3. The Morgan fingerprint density at radius 1 is 1.12 bits per heavy atom. The Morgan fingerprint density at radius 3 is 2.56 bits per heavy atom. The predicted octanol–water partition coefficient (Wildman–Crippen LogP) is 3.00. The Bertz CT molecular complexity index is 428. The molecule has 1 aromatic heterocycles. The molecule has 0 aliphatic carbocycles. The Labute approximate surface area is 99.5 Å². The van der Waals surface area contributed by atoms with Crippen LogP contribution in [0, 0.1) is 0 Å². The molecule has 0 bridgehead atoms. The van der Waals surface area contributed by atoms with Crippen molar-refractivity contribution in [3.05, 3.63) is 48.2 Å². The molecule has 0 aliphatic heterocycles. The molecule has 0 spiro atoms. The third-order valence-electron chi connectivity index (χ3n) is 2.18. The van der Waals surface area contributed by atoms with Gasteiger partial charge in [0.05, 0.1) is 0 Å². The van der Waals surface area contributed by atoms with E-state index in [-0.39, 0.29) is 0 Å². The highest BCUT2D eigenvalue weighted by Gasteiger charge is 1.96. The number of anilines is 2. The zero-order chi connectivity index (χ0) is 11.2. The van der Waals surface area contributed by atoms with E-state index in [2.05, 4.69) is 27.6 Å². The first kappa shape index (κ1) is 10.9. The second-order valence-electron chi connectivity index (χ2n) is 3.37. The lowest BCUT2D eigenvalue weighted by molar-refractivity contribution is 1.04. The summed E-state index contributed by atoms with van der Waals surface area (Å²) < 4.78 is 0. The SMILES string of the molecule is ClCCc1ccc(Nc2cccnn2)cc1. The highest BCUT2D eigenvalue weighted by molar-refractivity contribution is 6.17. The molecule has 0 saturated carbocycles. The molecule has 0 fully saturated rings. The first-order chi connectivity index (χ1) is 7.88. The summed E-state index contributed by atoms with van der Waals surface area (Å²) in [5, 5.41) is 10.9. The Balaban J connectivity index is 2.05. The highest BCUT2D eigenvalue weighted by Crippen LogP contribution is 2.14. The van der Waals surface area contributed by atoms with Crippen LogP contribution in [0.3, 0.4) is 0 Å². The monoisotopic (exact) mass is 233 g/mol. The minimum atomic E-state index is 0.650. The Kier molecular flexibility index (Phi) is 3.72. The fourth-order valence-corrected chi connectivity index (χ4v) is 1.60. The van der Waals surface area contributed by atoms with Gasteiger partial charge >= 0.3 is 0 Å². The molecule has 0 radical (unpaired) electrons. The average Bonchev–Trinajstić information content (AvgIpc) is 2.33. The van der Waals surface area contributed by atoms with Crippen molar-refractivity contribution in [1.82, 2.24) is 10.2 Å². The summed E-state index contributed by atoms with van der Waals surface area (Å²) in [4.78, 5) is 0. The second-order valence-corrected chi connectivity index (χ2v) is 3.75. The van der Waals surface area contributed by atoms with Crippen molar-refractivity contribution < 1.29 is 0 Å². The molecule has 0 saturated heterocycles. The molecular formula is C12H12ClN3. The molecule has 4 heteroatoms. The second kappa shape index (κ2) is 5.47. The van der Waals surface area contributed by atoms with Gasteiger partial charge in [-0.1, -0.05) is 12.1 Å². The number of hydrogen-bond donors (Lipinski definition) is 1. The fraction of sp³-hybridized carbons (Fsp3) is 0.167. The van der Waals surface area contributed by atoms with Gasteiger partial charge in [-0.25, -0.2) is 0 Å². The van der Waals surface area contributed by atoms with Gasteiger partial charge in [0.2, 0.25) is 0 Å². The number of aromatic nitrogens is 2. The van der Waals surface area contributed by atoms with Gasteiger partial charge in [-0.15, -0.1) is 16.7 Å². The number of rotatable bonds is 4. The maximum atomic E-state index is 5.67. The van der Waals surface area contributed by atoms with Crippen LogP contribution in [0.15, 0.2) is 42.6 Å². The topological polar surface area (TPSA) is 37.8 Å². The van der Waals surface area contributed by atoms with Crippen LogP contribution < -0.4 is 5.32 Å². The van der Waals surface area contributed by atoms with Crippen molar-refractivity contribution in [2.75, 3.05) is 11.2 Å². The first-order valence-corrected chi connectivity index (χ1v) is 5.61. The zero-order valence-corrected chi connectivity index (χ0v) is 9.48. The molecular weight excluding hydrogens is 222 g/mol. The van der Waals surface area contributed by atoms with Crippen LogP contribution in [-0.2, 0) is 6.42 Å². The van der Waals surface area contributed by atoms with E-state index in [1.807, 2.05) is 24.3 Å². The minimum absolute atomic E-state index is 0.650. The minimum Gasteiger partial charge on any atom is -0.339 e. The van der Waals surface area contributed by atoms with Crippen LogP contribution >= 0.6 is 11.6 Å². The average molecular weight is 234 g/mol. The van der Waals surface area contributed by atoms with Crippen LogP contribution in [-0.4, -0.2) is 16.1 Å². The summed E-state index contributed by atoms with van der Waals surface area (Å²) >= 11 is 5.67. The van der Waals surface area contributed by atoms with Crippen LogP contribution in [0.1, 0.15) is 5.56 Å². The Morgan fingerprint density at radius 2 is 1.94 bits per heavy atom. The molecule has 1 heterocycles. The first-order valence-electron chi connectivity index (χ1n) is 5.08. The highest BCUT2D eigenvalue weighted by atomic mass is 35.5. The van der Waals surface area contributed by atoms with E-state index >= 15 is 0 Å². The standard InChI is InChI=1S/C12H12ClN3/c13-8-7-10-3-5-11(6-4-10)15-12-2-1-9-14-16-12/h1-6,9H,7-8H2,(H,15,16). The van der Waals surface area contributed by atoms with E-state index in [0.717, 1.165) is 17.9 Å². The van der Waals surface area contributed by atoms with Crippen LogP contribution in [0.4, 0.5) is 11.5 Å². The van der Waals surface area contributed by atoms with E-state index in [1.54, 1.807) is 6.20 Å². The van der Waals surface area contributed by atoms with Crippen molar-refractivity contribution in [1.29, 1.82) is 0 Å². The van der Waals surface area contributed by atoms with Gasteiger partial charge in [0.25, 0.3) is 0 Å². The smallest absolute Gasteiger partial charge is 0.153 e. The molecule has 2 aromatic rings. The molecule has 0 amide bonds. The lowest BCUT2D eigenvalue weighted by atomic mass is 10.1. The molecule has 0 atom stereocenters. The number of benzene rings is 1. The molecule has 82 valence electrons. The summed E-state index contributed by atoms with van der Waals surface area (Å²) in [5.74, 6) is 1.39. The lowest BCUT2D eigenvalue weighted by Crippen LogP contribution is -1.94. The van der Waals surface area contributed by atoms with Gasteiger partial charge in [0.1, 0.15) is 0 Å². The van der Waals surface area contributed by atoms with Gasteiger partial charge < -0.3 is 5.32 Å². The quantitative estimate of drug-likeness (QED) is 0.825.